The molecule has 2 aromatic carbocycles. The Morgan fingerprint density at radius 2 is 1.67 bits per heavy atom. The van der Waals surface area contributed by atoms with Gasteiger partial charge in [0.1, 0.15) is 5.82 Å². The number of hydrogen-bond donors (Lipinski definition) is 1. The quantitative estimate of drug-likeness (QED) is 0.814. The van der Waals surface area contributed by atoms with Gasteiger partial charge in [-0.3, -0.25) is 4.79 Å². The van der Waals surface area contributed by atoms with Gasteiger partial charge in [0.15, 0.2) is 5.78 Å². The van der Waals surface area contributed by atoms with Gasteiger partial charge < -0.3 is 5.32 Å². The third-order valence-electron chi connectivity index (χ3n) is 2.64. The molecule has 0 aliphatic heterocycles. The van der Waals surface area contributed by atoms with E-state index in [0.29, 0.717) is 24.2 Å². The first-order valence-electron chi connectivity index (χ1n) is 5.84. The van der Waals surface area contributed by atoms with Crippen molar-refractivity contribution in [3.05, 3.63) is 66.0 Å². The van der Waals surface area contributed by atoms with Crippen LogP contribution in [-0.2, 0) is 0 Å². The number of rotatable bonds is 5. The Hall–Kier alpha value is -2.16. The molecule has 18 heavy (non-hydrogen) atoms. The van der Waals surface area contributed by atoms with Crippen molar-refractivity contribution in [1.29, 1.82) is 0 Å². The Balaban J connectivity index is 1.86. The number of hydrogen-bond acceptors (Lipinski definition) is 2. The number of benzene rings is 2. The van der Waals surface area contributed by atoms with E-state index in [2.05, 4.69) is 5.32 Å². The van der Waals surface area contributed by atoms with Gasteiger partial charge in [-0.25, -0.2) is 4.39 Å². The lowest BCUT2D eigenvalue weighted by Gasteiger charge is -2.06. The minimum Gasteiger partial charge on any atom is -0.382 e. The van der Waals surface area contributed by atoms with Crippen LogP contribution in [0.3, 0.4) is 0 Å². The molecule has 0 atom stereocenters. The van der Waals surface area contributed by atoms with E-state index in [1.807, 2.05) is 18.2 Å². The second-order valence-corrected chi connectivity index (χ2v) is 3.95. The zero-order chi connectivity index (χ0) is 12.8. The number of carbonyl (C=O) groups is 1. The maximum atomic E-state index is 13.3. The minimum atomic E-state index is -0.301. The second kappa shape index (κ2) is 5.96. The predicted octanol–water partition coefficient (Wildman–Crippen LogP) is 3.51. The third-order valence-corrected chi connectivity index (χ3v) is 2.64. The van der Waals surface area contributed by atoms with E-state index < -0.39 is 0 Å². The summed E-state index contributed by atoms with van der Waals surface area (Å²) in [6.07, 6.45) is 0.346. The summed E-state index contributed by atoms with van der Waals surface area (Å²) in [4.78, 5) is 11.8. The van der Waals surface area contributed by atoms with Gasteiger partial charge >= 0.3 is 0 Å². The summed E-state index contributed by atoms with van der Waals surface area (Å²) in [6, 6.07) is 15.5. The zero-order valence-electron chi connectivity index (χ0n) is 9.90. The highest BCUT2D eigenvalue weighted by Crippen LogP contribution is 2.12. The summed E-state index contributed by atoms with van der Waals surface area (Å²) in [5.41, 5.74) is 1.12. The SMILES string of the molecule is O=C(CCNc1ccccc1F)c1ccccc1. The molecule has 2 nitrogen and oxygen atoms in total. The standard InChI is InChI=1S/C15H14FNO/c16-13-8-4-5-9-14(13)17-11-10-15(18)12-6-2-1-3-7-12/h1-9,17H,10-11H2. The summed E-state index contributed by atoms with van der Waals surface area (Å²) in [7, 11) is 0. The van der Waals surface area contributed by atoms with Gasteiger partial charge in [-0.05, 0) is 12.1 Å². The third kappa shape index (κ3) is 3.17. The molecule has 0 bridgehead atoms. The molecule has 2 rings (SSSR count). The van der Waals surface area contributed by atoms with Crippen LogP contribution in [0.25, 0.3) is 0 Å². The molecule has 92 valence electrons. The lowest BCUT2D eigenvalue weighted by atomic mass is 10.1. The number of ketones is 1. The Labute approximate surface area is 105 Å². The summed E-state index contributed by atoms with van der Waals surface area (Å²) in [5, 5.41) is 2.92. The fourth-order valence-corrected chi connectivity index (χ4v) is 1.68. The Bertz CT molecular complexity index is 525. The molecule has 0 saturated heterocycles. The van der Waals surface area contributed by atoms with E-state index in [4.69, 9.17) is 0 Å². The highest BCUT2D eigenvalue weighted by Gasteiger charge is 2.05. The molecular formula is C15H14FNO. The molecule has 0 aliphatic rings. The minimum absolute atomic E-state index is 0.0550. The van der Waals surface area contributed by atoms with Gasteiger partial charge in [-0.15, -0.1) is 0 Å². The van der Waals surface area contributed by atoms with E-state index in [1.54, 1.807) is 30.3 Å². The summed E-state index contributed by atoms with van der Waals surface area (Å²) < 4.78 is 13.3. The molecule has 2 aromatic rings. The molecule has 1 N–H and O–H groups in total. The monoisotopic (exact) mass is 243 g/mol. The van der Waals surface area contributed by atoms with Crippen LogP contribution in [0, 0.1) is 5.82 Å². The lowest BCUT2D eigenvalue weighted by Crippen LogP contribution is -2.09. The van der Waals surface area contributed by atoms with Crippen LogP contribution in [0.5, 0.6) is 0 Å². The Morgan fingerprint density at radius 3 is 2.39 bits per heavy atom. The summed E-state index contributed by atoms with van der Waals surface area (Å²) in [5.74, 6) is -0.246. The zero-order valence-corrected chi connectivity index (χ0v) is 9.90. The first-order chi connectivity index (χ1) is 8.77. The fraction of sp³-hybridized carbons (Fsp3) is 0.133. The number of carbonyl (C=O) groups excluding carboxylic acids is 1. The van der Waals surface area contributed by atoms with Crippen molar-refractivity contribution in [3.63, 3.8) is 0 Å². The molecule has 0 heterocycles. The maximum Gasteiger partial charge on any atom is 0.164 e. The van der Waals surface area contributed by atoms with Gasteiger partial charge in [-0.1, -0.05) is 42.5 Å². The van der Waals surface area contributed by atoms with Crippen molar-refractivity contribution in [2.75, 3.05) is 11.9 Å². The Kier molecular flexibility index (Phi) is 4.07. The largest absolute Gasteiger partial charge is 0.382 e. The van der Waals surface area contributed by atoms with Crippen LogP contribution in [0.2, 0.25) is 0 Å². The van der Waals surface area contributed by atoms with E-state index in [1.165, 1.54) is 6.07 Å². The van der Waals surface area contributed by atoms with Crippen molar-refractivity contribution in [1.82, 2.24) is 0 Å². The molecular weight excluding hydrogens is 229 g/mol. The van der Waals surface area contributed by atoms with Crippen LogP contribution in [-0.4, -0.2) is 12.3 Å². The fourth-order valence-electron chi connectivity index (χ4n) is 1.68. The van der Waals surface area contributed by atoms with Gasteiger partial charge in [0.2, 0.25) is 0 Å². The number of anilines is 1. The number of nitrogens with one attached hydrogen (secondary N) is 1. The molecule has 0 aromatic heterocycles. The van der Waals surface area contributed by atoms with Crippen LogP contribution >= 0.6 is 0 Å². The van der Waals surface area contributed by atoms with E-state index in [9.17, 15) is 9.18 Å². The van der Waals surface area contributed by atoms with Crippen LogP contribution in [0.4, 0.5) is 10.1 Å². The predicted molar refractivity (Wildman–Crippen MR) is 70.3 cm³/mol. The average molecular weight is 243 g/mol. The molecule has 0 spiro atoms. The highest BCUT2D eigenvalue weighted by molar-refractivity contribution is 5.96. The first kappa shape index (κ1) is 12.3. The second-order valence-electron chi connectivity index (χ2n) is 3.95. The molecule has 0 radical (unpaired) electrons. The highest BCUT2D eigenvalue weighted by atomic mass is 19.1. The smallest absolute Gasteiger partial charge is 0.164 e. The van der Waals surface area contributed by atoms with E-state index in [-0.39, 0.29) is 11.6 Å². The summed E-state index contributed by atoms with van der Waals surface area (Å²) >= 11 is 0. The lowest BCUT2D eigenvalue weighted by molar-refractivity contribution is 0.0986. The number of para-hydroxylation sites is 1. The van der Waals surface area contributed by atoms with Gasteiger partial charge in [0.25, 0.3) is 0 Å². The first-order valence-corrected chi connectivity index (χ1v) is 5.84. The van der Waals surface area contributed by atoms with Gasteiger partial charge in [0.05, 0.1) is 5.69 Å². The summed E-state index contributed by atoms with van der Waals surface area (Å²) in [6.45, 7) is 0.425. The number of halogens is 1. The molecule has 0 unspecified atom stereocenters. The molecule has 0 aliphatic carbocycles. The normalized spacial score (nSPS) is 10.1. The van der Waals surface area contributed by atoms with E-state index >= 15 is 0 Å². The topological polar surface area (TPSA) is 29.1 Å². The van der Waals surface area contributed by atoms with Crippen molar-refractivity contribution in [3.8, 4) is 0 Å². The van der Waals surface area contributed by atoms with Crippen LogP contribution < -0.4 is 5.32 Å². The van der Waals surface area contributed by atoms with Gasteiger partial charge in [-0.2, -0.15) is 0 Å². The Morgan fingerprint density at radius 1 is 1.00 bits per heavy atom. The van der Waals surface area contributed by atoms with Crippen molar-refractivity contribution in [2.24, 2.45) is 0 Å². The molecule has 3 heteroatoms. The van der Waals surface area contributed by atoms with Crippen molar-refractivity contribution >= 4 is 11.5 Å². The maximum absolute atomic E-state index is 13.3. The van der Waals surface area contributed by atoms with Crippen LogP contribution in [0.15, 0.2) is 54.6 Å². The van der Waals surface area contributed by atoms with Crippen molar-refractivity contribution < 1.29 is 9.18 Å². The van der Waals surface area contributed by atoms with Crippen LogP contribution in [0.1, 0.15) is 16.8 Å². The average Bonchev–Trinajstić information content (AvgIpc) is 2.42. The number of Topliss-reactive ketones (excluding diaryl/α,β-unsaturated/α-hetero) is 1. The molecule has 0 saturated carbocycles. The molecule has 0 amide bonds. The van der Waals surface area contributed by atoms with Gasteiger partial charge in [0, 0.05) is 18.5 Å². The van der Waals surface area contributed by atoms with Crippen molar-refractivity contribution in [2.45, 2.75) is 6.42 Å². The van der Waals surface area contributed by atoms with E-state index in [0.717, 1.165) is 0 Å². The molecule has 0 fully saturated rings.